The van der Waals surface area contributed by atoms with Crippen LogP contribution in [0.4, 0.5) is 4.39 Å². The number of aromatic nitrogens is 3. The Balaban J connectivity index is 1.53. The molecule has 0 radical (unpaired) electrons. The molecule has 3 rings (SSSR count). The summed E-state index contributed by atoms with van der Waals surface area (Å²) in [5.74, 6) is 6.23. The van der Waals surface area contributed by atoms with Crippen LogP contribution in [0, 0.1) is 5.82 Å². The van der Waals surface area contributed by atoms with Gasteiger partial charge in [0.05, 0.1) is 5.75 Å². The molecular weight excluding hydrogens is 365 g/mol. The van der Waals surface area contributed by atoms with E-state index in [2.05, 4.69) is 22.4 Å². The molecule has 1 heterocycles. The van der Waals surface area contributed by atoms with Crippen LogP contribution in [0.15, 0.2) is 59.8 Å². The minimum Gasteiger partial charge on any atom is -0.355 e. The standard InChI is InChI=1S/C19H20FN5OS/c1-13(14-6-3-2-4-7-14)11-22-17(26)12-27-19-24-23-18(25(19)21)15-8-5-9-16(20)10-15/h2-10,13H,11-12,21H2,1H3,(H,22,26)/t13-/m0/s1. The number of nitrogens with one attached hydrogen (secondary N) is 1. The second-order valence-corrected chi connectivity index (χ2v) is 7.03. The summed E-state index contributed by atoms with van der Waals surface area (Å²) in [6.45, 7) is 2.61. The van der Waals surface area contributed by atoms with Crippen molar-refractivity contribution in [2.75, 3.05) is 18.1 Å². The Hall–Kier alpha value is -2.87. The fourth-order valence-corrected chi connectivity index (χ4v) is 3.23. The lowest BCUT2D eigenvalue weighted by Crippen LogP contribution is -2.29. The zero-order valence-electron chi connectivity index (χ0n) is 14.8. The summed E-state index contributed by atoms with van der Waals surface area (Å²) in [5, 5.41) is 11.3. The molecule has 27 heavy (non-hydrogen) atoms. The number of nitrogens with two attached hydrogens (primary N) is 1. The van der Waals surface area contributed by atoms with Gasteiger partial charge in [-0.15, -0.1) is 10.2 Å². The lowest BCUT2D eigenvalue weighted by molar-refractivity contribution is -0.118. The fourth-order valence-electron chi connectivity index (χ4n) is 2.55. The average molecular weight is 385 g/mol. The van der Waals surface area contributed by atoms with E-state index in [0.29, 0.717) is 23.1 Å². The summed E-state index contributed by atoms with van der Waals surface area (Å²) >= 11 is 1.18. The maximum atomic E-state index is 13.4. The number of carbonyl (C=O) groups is 1. The highest BCUT2D eigenvalue weighted by Gasteiger charge is 2.14. The number of nitrogen functional groups attached to an aromatic ring is 1. The summed E-state index contributed by atoms with van der Waals surface area (Å²) in [5.41, 5.74) is 1.70. The Morgan fingerprint density at radius 1 is 1.22 bits per heavy atom. The first-order valence-electron chi connectivity index (χ1n) is 8.45. The second kappa shape index (κ2) is 8.68. The van der Waals surface area contributed by atoms with Crippen LogP contribution < -0.4 is 11.2 Å². The van der Waals surface area contributed by atoms with Crippen LogP contribution in [0.3, 0.4) is 0 Å². The summed E-state index contributed by atoms with van der Waals surface area (Å²) in [7, 11) is 0. The minimum absolute atomic E-state index is 0.113. The van der Waals surface area contributed by atoms with Crippen molar-refractivity contribution >= 4 is 17.7 Å². The fraction of sp³-hybridized carbons (Fsp3) is 0.211. The first-order chi connectivity index (χ1) is 13.0. The third-order valence-electron chi connectivity index (χ3n) is 4.05. The smallest absolute Gasteiger partial charge is 0.230 e. The Labute approximate surface area is 161 Å². The van der Waals surface area contributed by atoms with Crippen LogP contribution in [0.5, 0.6) is 0 Å². The minimum atomic E-state index is -0.378. The molecule has 2 aromatic carbocycles. The van der Waals surface area contributed by atoms with E-state index in [1.807, 2.05) is 30.3 Å². The van der Waals surface area contributed by atoms with Crippen LogP contribution in [0.1, 0.15) is 18.4 Å². The summed E-state index contributed by atoms with van der Waals surface area (Å²) in [6.07, 6.45) is 0. The highest BCUT2D eigenvalue weighted by Crippen LogP contribution is 2.22. The number of hydrogen-bond donors (Lipinski definition) is 2. The number of benzene rings is 2. The van der Waals surface area contributed by atoms with Crippen molar-refractivity contribution < 1.29 is 9.18 Å². The Bertz CT molecular complexity index is 915. The van der Waals surface area contributed by atoms with Crippen LogP contribution in [-0.4, -0.2) is 33.1 Å². The van der Waals surface area contributed by atoms with Gasteiger partial charge in [-0.3, -0.25) is 4.79 Å². The molecule has 0 saturated heterocycles. The predicted octanol–water partition coefficient (Wildman–Crippen LogP) is 2.81. The molecule has 8 heteroatoms. The van der Waals surface area contributed by atoms with Gasteiger partial charge in [0.15, 0.2) is 5.82 Å². The van der Waals surface area contributed by atoms with E-state index >= 15 is 0 Å². The predicted molar refractivity (Wildman–Crippen MR) is 104 cm³/mol. The Morgan fingerprint density at radius 3 is 2.74 bits per heavy atom. The molecule has 0 aliphatic heterocycles. The largest absolute Gasteiger partial charge is 0.355 e. The van der Waals surface area contributed by atoms with Crippen molar-refractivity contribution in [1.29, 1.82) is 0 Å². The topological polar surface area (TPSA) is 85.8 Å². The maximum absolute atomic E-state index is 13.4. The van der Waals surface area contributed by atoms with Crippen LogP contribution in [0.25, 0.3) is 11.4 Å². The number of hydrogen-bond acceptors (Lipinski definition) is 5. The van der Waals surface area contributed by atoms with E-state index < -0.39 is 0 Å². The maximum Gasteiger partial charge on any atom is 0.230 e. The molecule has 3 aromatic rings. The summed E-state index contributed by atoms with van der Waals surface area (Å²) < 4.78 is 14.6. The van der Waals surface area contributed by atoms with Crippen molar-refractivity contribution in [3.63, 3.8) is 0 Å². The Kier molecular flexibility index (Phi) is 6.08. The highest BCUT2D eigenvalue weighted by atomic mass is 32.2. The van der Waals surface area contributed by atoms with E-state index in [4.69, 9.17) is 5.84 Å². The van der Waals surface area contributed by atoms with E-state index in [9.17, 15) is 9.18 Å². The average Bonchev–Trinajstić information content (AvgIpc) is 3.05. The second-order valence-electron chi connectivity index (χ2n) is 6.09. The van der Waals surface area contributed by atoms with E-state index in [-0.39, 0.29) is 23.4 Å². The molecular formula is C19H20FN5OS. The Morgan fingerprint density at radius 2 is 2.00 bits per heavy atom. The van der Waals surface area contributed by atoms with E-state index in [1.165, 1.54) is 34.1 Å². The van der Waals surface area contributed by atoms with Crippen molar-refractivity contribution in [3.05, 3.63) is 66.0 Å². The van der Waals surface area contributed by atoms with Crippen molar-refractivity contribution in [3.8, 4) is 11.4 Å². The van der Waals surface area contributed by atoms with Gasteiger partial charge in [-0.25, -0.2) is 9.07 Å². The van der Waals surface area contributed by atoms with Gasteiger partial charge in [-0.05, 0) is 23.6 Å². The molecule has 1 atom stereocenters. The molecule has 140 valence electrons. The number of nitrogens with zero attached hydrogens (tertiary/aromatic N) is 3. The number of carbonyl (C=O) groups excluding carboxylic acids is 1. The molecule has 0 saturated carbocycles. The van der Waals surface area contributed by atoms with Gasteiger partial charge < -0.3 is 11.2 Å². The van der Waals surface area contributed by atoms with E-state index in [1.54, 1.807) is 12.1 Å². The highest BCUT2D eigenvalue weighted by molar-refractivity contribution is 7.99. The lowest BCUT2D eigenvalue weighted by atomic mass is 10.0. The zero-order valence-corrected chi connectivity index (χ0v) is 15.6. The third-order valence-corrected chi connectivity index (χ3v) is 5.00. The first-order valence-corrected chi connectivity index (χ1v) is 9.44. The molecule has 0 bridgehead atoms. The molecule has 1 aromatic heterocycles. The molecule has 0 fully saturated rings. The molecule has 0 unspecified atom stereocenters. The third kappa shape index (κ3) is 4.85. The molecule has 6 nitrogen and oxygen atoms in total. The summed E-state index contributed by atoms with van der Waals surface area (Å²) in [6, 6.07) is 16.0. The van der Waals surface area contributed by atoms with Gasteiger partial charge in [0, 0.05) is 12.1 Å². The van der Waals surface area contributed by atoms with Crippen molar-refractivity contribution in [2.45, 2.75) is 18.0 Å². The molecule has 0 aliphatic rings. The van der Waals surface area contributed by atoms with Crippen molar-refractivity contribution in [2.24, 2.45) is 0 Å². The quantitative estimate of drug-likeness (QED) is 0.482. The monoisotopic (exact) mass is 385 g/mol. The normalized spacial score (nSPS) is 11.9. The van der Waals surface area contributed by atoms with Gasteiger partial charge in [-0.1, -0.05) is 61.2 Å². The van der Waals surface area contributed by atoms with Crippen molar-refractivity contribution in [1.82, 2.24) is 20.2 Å². The molecule has 0 spiro atoms. The first kappa shape index (κ1) is 18.9. The molecule has 1 amide bonds. The van der Waals surface area contributed by atoms with Gasteiger partial charge in [0.2, 0.25) is 11.1 Å². The lowest BCUT2D eigenvalue weighted by Gasteiger charge is -2.12. The number of halogens is 1. The van der Waals surface area contributed by atoms with Crippen LogP contribution >= 0.6 is 11.8 Å². The van der Waals surface area contributed by atoms with Crippen LogP contribution in [0.2, 0.25) is 0 Å². The molecule has 0 aliphatic carbocycles. The van der Waals surface area contributed by atoms with E-state index in [0.717, 1.165) is 0 Å². The van der Waals surface area contributed by atoms with Gasteiger partial charge in [0.1, 0.15) is 5.82 Å². The number of amides is 1. The number of thioether (sulfide) groups is 1. The molecule has 3 N–H and O–H groups in total. The zero-order chi connectivity index (χ0) is 19.2. The van der Waals surface area contributed by atoms with Gasteiger partial charge in [-0.2, -0.15) is 0 Å². The van der Waals surface area contributed by atoms with Gasteiger partial charge >= 0.3 is 0 Å². The van der Waals surface area contributed by atoms with Crippen LogP contribution in [-0.2, 0) is 4.79 Å². The van der Waals surface area contributed by atoms with Gasteiger partial charge in [0.25, 0.3) is 0 Å². The number of rotatable bonds is 7. The SMILES string of the molecule is C[C@@H](CNC(=O)CSc1nnc(-c2cccc(F)c2)n1N)c1ccccc1. The summed E-state index contributed by atoms with van der Waals surface area (Å²) in [4.78, 5) is 12.1.